The lowest BCUT2D eigenvalue weighted by Crippen LogP contribution is -2.48. The quantitative estimate of drug-likeness (QED) is 0.546. The van der Waals surface area contributed by atoms with Crippen LogP contribution in [0.3, 0.4) is 0 Å². The first-order valence-corrected chi connectivity index (χ1v) is 5.78. The summed E-state index contributed by atoms with van der Waals surface area (Å²) in [5.41, 5.74) is 0. The average molecular weight is 259 g/mol. The number of nitrogens with one attached hydrogen (secondary N) is 2. The summed E-state index contributed by atoms with van der Waals surface area (Å²) >= 11 is 1.48. The molecular weight excluding hydrogens is 246 g/mol. The van der Waals surface area contributed by atoms with Crippen molar-refractivity contribution in [2.75, 3.05) is 13.2 Å². The second-order valence-electron chi connectivity index (χ2n) is 3.15. The van der Waals surface area contributed by atoms with Gasteiger partial charge in [0.1, 0.15) is 0 Å². The normalized spacial score (nSPS) is 11.8. The molecule has 0 aromatic carbocycles. The van der Waals surface area contributed by atoms with E-state index in [-0.39, 0.29) is 0 Å². The third-order valence-electron chi connectivity index (χ3n) is 1.89. The number of aliphatic hydroxyl groups is 1. The number of aliphatic hydroxyl groups excluding tert-OH is 1. The molecule has 0 radical (unpaired) electrons. The summed E-state index contributed by atoms with van der Waals surface area (Å²) in [6.07, 6.45) is 2.26. The van der Waals surface area contributed by atoms with Crippen LogP contribution in [0.25, 0.3) is 0 Å². The van der Waals surface area contributed by atoms with Crippen molar-refractivity contribution in [2.24, 2.45) is 0 Å². The van der Waals surface area contributed by atoms with E-state index in [0.29, 0.717) is 13.0 Å². The van der Waals surface area contributed by atoms with E-state index in [1.54, 1.807) is 6.20 Å². The number of thiazole rings is 1. The van der Waals surface area contributed by atoms with Gasteiger partial charge >= 0.3 is 12.0 Å². The van der Waals surface area contributed by atoms with E-state index in [1.807, 2.05) is 5.38 Å². The van der Waals surface area contributed by atoms with E-state index in [4.69, 9.17) is 10.2 Å². The van der Waals surface area contributed by atoms with Crippen LogP contribution in [-0.2, 0) is 11.2 Å². The predicted octanol–water partition coefficient (Wildman–Crippen LogP) is -0.570. The smallest absolute Gasteiger partial charge is 0.328 e. The minimum absolute atomic E-state index is 0.358. The molecule has 1 aromatic heterocycles. The Balaban J connectivity index is 2.23. The minimum atomic E-state index is -1.28. The SMILES string of the molecule is O=C(NCCc1nccs1)N[C@@H](CO)C(=O)O. The van der Waals surface area contributed by atoms with Crippen molar-refractivity contribution in [1.82, 2.24) is 15.6 Å². The number of rotatable bonds is 6. The van der Waals surface area contributed by atoms with Crippen LogP contribution in [0.15, 0.2) is 11.6 Å². The maximum absolute atomic E-state index is 11.2. The summed E-state index contributed by atoms with van der Waals surface area (Å²) in [7, 11) is 0. The molecule has 1 heterocycles. The molecule has 1 atom stereocenters. The van der Waals surface area contributed by atoms with Gasteiger partial charge in [-0.15, -0.1) is 11.3 Å². The molecule has 0 spiro atoms. The van der Waals surface area contributed by atoms with Crippen molar-refractivity contribution in [3.63, 3.8) is 0 Å². The zero-order valence-corrected chi connectivity index (χ0v) is 9.74. The number of hydrogen-bond donors (Lipinski definition) is 4. The van der Waals surface area contributed by atoms with E-state index < -0.39 is 24.6 Å². The average Bonchev–Trinajstić information content (AvgIpc) is 2.78. The summed E-state index contributed by atoms with van der Waals surface area (Å²) < 4.78 is 0. The summed E-state index contributed by atoms with van der Waals surface area (Å²) in [4.78, 5) is 25.8. The van der Waals surface area contributed by atoms with Crippen LogP contribution in [0.2, 0.25) is 0 Å². The van der Waals surface area contributed by atoms with Gasteiger partial charge in [-0.1, -0.05) is 0 Å². The Morgan fingerprint density at radius 2 is 2.29 bits per heavy atom. The van der Waals surface area contributed by atoms with E-state index in [9.17, 15) is 9.59 Å². The monoisotopic (exact) mass is 259 g/mol. The molecule has 0 fully saturated rings. The van der Waals surface area contributed by atoms with Crippen LogP contribution in [-0.4, -0.2) is 46.4 Å². The van der Waals surface area contributed by atoms with Gasteiger partial charge in [0.05, 0.1) is 11.6 Å². The fourth-order valence-corrected chi connectivity index (χ4v) is 1.67. The van der Waals surface area contributed by atoms with E-state index in [0.717, 1.165) is 5.01 Å². The van der Waals surface area contributed by atoms with E-state index >= 15 is 0 Å². The number of nitrogens with zero attached hydrogens (tertiary/aromatic N) is 1. The summed E-state index contributed by atoms with van der Waals surface area (Å²) in [5, 5.41) is 24.6. The molecule has 2 amide bonds. The molecular formula is C9H13N3O4S. The lowest BCUT2D eigenvalue weighted by molar-refractivity contribution is -0.140. The zero-order valence-electron chi connectivity index (χ0n) is 8.92. The van der Waals surface area contributed by atoms with Gasteiger partial charge in [0.25, 0.3) is 0 Å². The molecule has 0 aliphatic heterocycles. The van der Waals surface area contributed by atoms with Crippen molar-refractivity contribution in [1.29, 1.82) is 0 Å². The minimum Gasteiger partial charge on any atom is -0.480 e. The van der Waals surface area contributed by atoms with Crippen molar-refractivity contribution < 1.29 is 19.8 Å². The highest BCUT2D eigenvalue weighted by Gasteiger charge is 2.18. The Bertz CT molecular complexity index is 368. The second-order valence-corrected chi connectivity index (χ2v) is 4.13. The van der Waals surface area contributed by atoms with Gasteiger partial charge in [-0.05, 0) is 0 Å². The Morgan fingerprint density at radius 3 is 2.82 bits per heavy atom. The molecule has 0 saturated heterocycles. The van der Waals surface area contributed by atoms with E-state index in [1.165, 1.54) is 11.3 Å². The number of amides is 2. The van der Waals surface area contributed by atoms with Gasteiger partial charge in [0.2, 0.25) is 0 Å². The van der Waals surface area contributed by atoms with Crippen LogP contribution in [0.5, 0.6) is 0 Å². The van der Waals surface area contributed by atoms with Crippen LogP contribution in [0.4, 0.5) is 4.79 Å². The van der Waals surface area contributed by atoms with Crippen LogP contribution in [0, 0.1) is 0 Å². The summed E-state index contributed by atoms with van der Waals surface area (Å²) in [6, 6.07) is -1.90. The Morgan fingerprint density at radius 1 is 1.53 bits per heavy atom. The van der Waals surface area contributed by atoms with Gasteiger partial charge in [0, 0.05) is 24.5 Å². The van der Waals surface area contributed by atoms with Crippen LogP contribution >= 0.6 is 11.3 Å². The van der Waals surface area contributed by atoms with Crippen molar-refractivity contribution in [2.45, 2.75) is 12.5 Å². The number of urea groups is 1. The Hall–Kier alpha value is -1.67. The van der Waals surface area contributed by atoms with Crippen LogP contribution in [0.1, 0.15) is 5.01 Å². The zero-order chi connectivity index (χ0) is 12.7. The first-order chi connectivity index (χ1) is 8.13. The highest BCUT2D eigenvalue weighted by Crippen LogP contribution is 2.03. The van der Waals surface area contributed by atoms with Crippen molar-refractivity contribution >= 4 is 23.3 Å². The fourth-order valence-electron chi connectivity index (χ4n) is 1.05. The third kappa shape index (κ3) is 4.79. The molecule has 7 nitrogen and oxygen atoms in total. The molecule has 0 aliphatic carbocycles. The Labute approximate surface area is 101 Å². The summed E-state index contributed by atoms with van der Waals surface area (Å²) in [5.74, 6) is -1.28. The molecule has 1 rings (SSSR count). The molecule has 0 aliphatic rings. The molecule has 1 aromatic rings. The molecule has 17 heavy (non-hydrogen) atoms. The predicted molar refractivity (Wildman–Crippen MR) is 60.9 cm³/mol. The number of aromatic nitrogens is 1. The van der Waals surface area contributed by atoms with E-state index in [2.05, 4.69) is 15.6 Å². The van der Waals surface area contributed by atoms with Gasteiger partial charge in [-0.3, -0.25) is 0 Å². The second kappa shape index (κ2) is 6.81. The van der Waals surface area contributed by atoms with Gasteiger partial charge in [-0.2, -0.15) is 0 Å². The highest BCUT2D eigenvalue weighted by molar-refractivity contribution is 7.09. The molecule has 8 heteroatoms. The molecule has 0 saturated carbocycles. The number of carboxylic acids is 1. The third-order valence-corrected chi connectivity index (χ3v) is 2.73. The highest BCUT2D eigenvalue weighted by atomic mass is 32.1. The molecule has 0 bridgehead atoms. The first kappa shape index (κ1) is 13.4. The summed E-state index contributed by atoms with van der Waals surface area (Å²) in [6.45, 7) is -0.285. The number of carbonyl (C=O) groups is 2. The number of carbonyl (C=O) groups excluding carboxylic acids is 1. The lowest BCUT2D eigenvalue weighted by atomic mass is 10.3. The molecule has 4 N–H and O–H groups in total. The maximum Gasteiger partial charge on any atom is 0.328 e. The maximum atomic E-state index is 11.2. The number of aliphatic carboxylic acids is 1. The van der Waals surface area contributed by atoms with Gasteiger partial charge in [0.15, 0.2) is 6.04 Å². The number of hydrogen-bond acceptors (Lipinski definition) is 5. The fraction of sp³-hybridized carbons (Fsp3) is 0.444. The van der Waals surface area contributed by atoms with Crippen molar-refractivity contribution in [3.8, 4) is 0 Å². The Kier molecular flexibility index (Phi) is 5.37. The molecule has 94 valence electrons. The standard InChI is InChI=1S/C9H13N3O4S/c13-5-6(8(14)15)12-9(16)11-2-1-7-10-3-4-17-7/h3-4,6,13H,1-2,5H2,(H,14,15)(H2,11,12,16)/t6-/m0/s1. The van der Waals surface area contributed by atoms with Crippen LogP contribution < -0.4 is 10.6 Å². The largest absolute Gasteiger partial charge is 0.480 e. The molecule has 0 unspecified atom stereocenters. The first-order valence-electron chi connectivity index (χ1n) is 4.90. The van der Waals surface area contributed by atoms with Crippen molar-refractivity contribution in [3.05, 3.63) is 16.6 Å². The van der Waals surface area contributed by atoms with Gasteiger partial charge in [-0.25, -0.2) is 14.6 Å². The topological polar surface area (TPSA) is 112 Å². The lowest BCUT2D eigenvalue weighted by Gasteiger charge is -2.12. The van der Waals surface area contributed by atoms with Gasteiger partial charge < -0.3 is 20.8 Å². The number of carboxylic acid groups (broad SMARTS) is 1.